The van der Waals surface area contributed by atoms with E-state index in [0.29, 0.717) is 0 Å². The Morgan fingerprint density at radius 2 is 2.25 bits per heavy atom. The lowest BCUT2D eigenvalue weighted by molar-refractivity contribution is -0.138. The number of aryl methyl sites for hydroxylation is 1. The molecule has 1 fully saturated rings. The summed E-state index contributed by atoms with van der Waals surface area (Å²) in [5.41, 5.74) is 2.00. The van der Waals surface area contributed by atoms with Crippen molar-refractivity contribution in [3.63, 3.8) is 0 Å². The number of nitrogens with one attached hydrogen (secondary N) is 1. The maximum absolute atomic E-state index is 11.1. The van der Waals surface area contributed by atoms with E-state index in [2.05, 4.69) is 21.2 Å². The van der Waals surface area contributed by atoms with Crippen LogP contribution in [0.15, 0.2) is 22.7 Å². The van der Waals surface area contributed by atoms with E-state index in [1.54, 1.807) is 0 Å². The number of hydrogen-bond donors (Lipinski definition) is 2. The van der Waals surface area contributed by atoms with E-state index < -0.39 is 12.0 Å². The first kappa shape index (κ1) is 11.5. The third-order valence-corrected chi connectivity index (χ3v) is 3.45. The second-order valence-electron chi connectivity index (χ2n) is 4.28. The molecule has 3 nitrogen and oxygen atoms in total. The van der Waals surface area contributed by atoms with Crippen molar-refractivity contribution in [3.8, 4) is 0 Å². The molecule has 1 aromatic carbocycles. The van der Waals surface area contributed by atoms with Crippen molar-refractivity contribution in [1.82, 2.24) is 0 Å². The second-order valence-corrected chi connectivity index (χ2v) is 5.14. The molecule has 0 spiro atoms. The summed E-state index contributed by atoms with van der Waals surface area (Å²) in [6.45, 7) is 2.00. The molecule has 0 heterocycles. The molecule has 1 atom stereocenters. The Labute approximate surface area is 103 Å². The van der Waals surface area contributed by atoms with E-state index in [9.17, 15) is 4.79 Å². The molecule has 4 heteroatoms. The van der Waals surface area contributed by atoms with Crippen LogP contribution in [0.2, 0.25) is 0 Å². The topological polar surface area (TPSA) is 49.3 Å². The highest BCUT2D eigenvalue weighted by atomic mass is 79.9. The van der Waals surface area contributed by atoms with E-state index >= 15 is 0 Å². The summed E-state index contributed by atoms with van der Waals surface area (Å²) in [6, 6.07) is 5.41. The van der Waals surface area contributed by atoms with Gasteiger partial charge in [-0.15, -0.1) is 0 Å². The average Bonchev–Trinajstić information content (AvgIpc) is 2.99. The van der Waals surface area contributed by atoms with Crippen LogP contribution in [-0.4, -0.2) is 17.1 Å². The molecule has 0 radical (unpaired) electrons. The predicted molar refractivity (Wildman–Crippen MR) is 66.6 cm³/mol. The molecule has 2 N–H and O–H groups in total. The van der Waals surface area contributed by atoms with Gasteiger partial charge >= 0.3 is 5.97 Å². The fourth-order valence-corrected chi connectivity index (χ4v) is 2.32. The number of halogens is 1. The molecule has 0 amide bonds. The van der Waals surface area contributed by atoms with Crippen molar-refractivity contribution in [2.45, 2.75) is 25.8 Å². The lowest BCUT2D eigenvalue weighted by Crippen LogP contribution is -2.31. The standard InChI is InChI=1S/C12H14BrNO2/c1-7-2-5-10(9(13)6-7)14-11(12(15)16)8-3-4-8/h2,5-6,8,11,14H,3-4H2,1H3,(H,15,16). The van der Waals surface area contributed by atoms with Gasteiger partial charge in [0.15, 0.2) is 0 Å². The molecule has 16 heavy (non-hydrogen) atoms. The first-order chi connectivity index (χ1) is 7.58. The summed E-state index contributed by atoms with van der Waals surface area (Å²) in [4.78, 5) is 11.1. The number of benzene rings is 1. The first-order valence-electron chi connectivity index (χ1n) is 5.33. The maximum Gasteiger partial charge on any atom is 0.326 e. The summed E-state index contributed by atoms with van der Waals surface area (Å²) in [5.74, 6) is -0.485. The van der Waals surface area contributed by atoms with Gasteiger partial charge in [0.1, 0.15) is 6.04 Å². The fraction of sp³-hybridized carbons (Fsp3) is 0.417. The van der Waals surface area contributed by atoms with E-state index in [4.69, 9.17) is 5.11 Å². The Balaban J connectivity index is 2.15. The minimum Gasteiger partial charge on any atom is -0.480 e. The molecule has 1 aliphatic carbocycles. The van der Waals surface area contributed by atoms with Gasteiger partial charge in [-0.25, -0.2) is 4.79 Å². The van der Waals surface area contributed by atoms with Crippen molar-refractivity contribution in [3.05, 3.63) is 28.2 Å². The summed E-state index contributed by atoms with van der Waals surface area (Å²) in [7, 11) is 0. The molecule has 0 saturated heterocycles. The minimum absolute atomic E-state index is 0.283. The Morgan fingerprint density at radius 1 is 1.56 bits per heavy atom. The summed E-state index contributed by atoms with van der Waals surface area (Å²) >= 11 is 3.44. The van der Waals surface area contributed by atoms with Crippen LogP contribution in [0.1, 0.15) is 18.4 Å². The maximum atomic E-state index is 11.1. The van der Waals surface area contributed by atoms with Gasteiger partial charge in [0.25, 0.3) is 0 Å². The molecule has 86 valence electrons. The second kappa shape index (κ2) is 4.45. The number of aliphatic carboxylic acids is 1. The smallest absolute Gasteiger partial charge is 0.326 e. The third kappa shape index (κ3) is 2.55. The van der Waals surface area contributed by atoms with Crippen LogP contribution >= 0.6 is 15.9 Å². The average molecular weight is 284 g/mol. The van der Waals surface area contributed by atoms with Crippen LogP contribution < -0.4 is 5.32 Å². The van der Waals surface area contributed by atoms with Gasteiger partial charge in [-0.05, 0) is 59.3 Å². The van der Waals surface area contributed by atoms with Gasteiger partial charge in [-0.2, -0.15) is 0 Å². The first-order valence-corrected chi connectivity index (χ1v) is 6.12. The highest BCUT2D eigenvalue weighted by Gasteiger charge is 2.36. The highest BCUT2D eigenvalue weighted by Crippen LogP contribution is 2.35. The zero-order chi connectivity index (χ0) is 11.7. The summed E-state index contributed by atoms with van der Waals surface area (Å²) < 4.78 is 0.916. The van der Waals surface area contributed by atoms with Gasteiger partial charge in [0.05, 0.1) is 0 Å². The van der Waals surface area contributed by atoms with Crippen molar-refractivity contribution >= 4 is 27.6 Å². The Hall–Kier alpha value is -1.03. The van der Waals surface area contributed by atoms with E-state index in [1.165, 1.54) is 0 Å². The summed E-state index contributed by atoms with van der Waals surface area (Å²) in [6.07, 6.45) is 2.01. The molecule has 1 aromatic rings. The lowest BCUT2D eigenvalue weighted by Gasteiger charge is -2.16. The van der Waals surface area contributed by atoms with E-state index in [1.807, 2.05) is 25.1 Å². The van der Waals surface area contributed by atoms with Gasteiger partial charge in [0, 0.05) is 10.2 Å². The number of carboxylic acid groups (broad SMARTS) is 1. The number of rotatable bonds is 4. The lowest BCUT2D eigenvalue weighted by atomic mass is 10.1. The van der Waals surface area contributed by atoms with Crippen LogP contribution in [0.3, 0.4) is 0 Å². The zero-order valence-electron chi connectivity index (χ0n) is 9.03. The van der Waals surface area contributed by atoms with E-state index in [-0.39, 0.29) is 5.92 Å². The van der Waals surface area contributed by atoms with Gasteiger partial charge in [-0.3, -0.25) is 0 Å². The number of carbonyl (C=O) groups is 1. The predicted octanol–water partition coefficient (Wildman–Crippen LogP) is 3.03. The normalized spacial score (nSPS) is 16.9. The number of carboxylic acids is 1. The molecule has 1 aliphatic rings. The third-order valence-electron chi connectivity index (χ3n) is 2.80. The SMILES string of the molecule is Cc1ccc(NC(C(=O)O)C2CC2)c(Br)c1. The largest absolute Gasteiger partial charge is 0.480 e. The number of anilines is 1. The molecular weight excluding hydrogens is 270 g/mol. The minimum atomic E-state index is -0.769. The van der Waals surface area contributed by atoms with Crippen molar-refractivity contribution in [1.29, 1.82) is 0 Å². The zero-order valence-corrected chi connectivity index (χ0v) is 10.6. The van der Waals surface area contributed by atoms with Crippen LogP contribution in [0.5, 0.6) is 0 Å². The van der Waals surface area contributed by atoms with Crippen molar-refractivity contribution in [2.75, 3.05) is 5.32 Å². The monoisotopic (exact) mass is 283 g/mol. The molecule has 0 aliphatic heterocycles. The molecule has 1 unspecified atom stereocenters. The van der Waals surface area contributed by atoms with Crippen LogP contribution in [0.25, 0.3) is 0 Å². The highest BCUT2D eigenvalue weighted by molar-refractivity contribution is 9.10. The van der Waals surface area contributed by atoms with Crippen LogP contribution in [-0.2, 0) is 4.79 Å². The van der Waals surface area contributed by atoms with E-state index in [0.717, 1.165) is 28.6 Å². The fourth-order valence-electron chi connectivity index (χ4n) is 1.72. The Morgan fingerprint density at radius 3 is 2.75 bits per heavy atom. The Kier molecular flexibility index (Phi) is 3.19. The van der Waals surface area contributed by atoms with Gasteiger partial charge in [0.2, 0.25) is 0 Å². The van der Waals surface area contributed by atoms with Crippen molar-refractivity contribution in [2.24, 2.45) is 5.92 Å². The van der Waals surface area contributed by atoms with Crippen molar-refractivity contribution < 1.29 is 9.90 Å². The van der Waals surface area contributed by atoms with Gasteiger partial charge < -0.3 is 10.4 Å². The van der Waals surface area contributed by atoms with Crippen LogP contribution in [0, 0.1) is 12.8 Å². The Bertz CT molecular complexity index is 415. The molecule has 2 rings (SSSR count). The van der Waals surface area contributed by atoms with Crippen LogP contribution in [0.4, 0.5) is 5.69 Å². The summed E-state index contributed by atoms with van der Waals surface area (Å²) in [5, 5.41) is 12.2. The molecular formula is C12H14BrNO2. The van der Waals surface area contributed by atoms with Gasteiger partial charge in [-0.1, -0.05) is 6.07 Å². The number of hydrogen-bond acceptors (Lipinski definition) is 2. The molecule has 0 bridgehead atoms. The molecule has 0 aromatic heterocycles. The molecule has 1 saturated carbocycles. The quantitative estimate of drug-likeness (QED) is 0.893.